The van der Waals surface area contributed by atoms with Crippen LogP contribution in [-0.2, 0) is 4.74 Å². The van der Waals surface area contributed by atoms with Crippen LogP contribution in [0.5, 0.6) is 0 Å². The fraction of sp³-hybridized carbons (Fsp3) is 0.273. The number of anilines is 2. The van der Waals surface area contributed by atoms with Crippen molar-refractivity contribution in [2.24, 2.45) is 0 Å². The Labute approximate surface area is 159 Å². The molecule has 3 aromatic rings. The van der Waals surface area contributed by atoms with Crippen LogP contribution in [0, 0.1) is 0 Å². The van der Waals surface area contributed by atoms with E-state index in [-0.39, 0.29) is 5.91 Å². The first-order chi connectivity index (χ1) is 13.2. The van der Waals surface area contributed by atoms with Gasteiger partial charge >= 0.3 is 0 Å². The molecule has 2 aromatic carbocycles. The number of hydrogen-bond acceptors (Lipinski definition) is 4. The van der Waals surface area contributed by atoms with E-state index >= 15 is 0 Å². The lowest BCUT2D eigenvalue weighted by molar-refractivity contribution is 0.0819. The highest BCUT2D eigenvalue weighted by molar-refractivity contribution is 6.04. The maximum absolute atomic E-state index is 12.5. The van der Waals surface area contributed by atoms with Crippen LogP contribution in [-0.4, -0.2) is 37.2 Å². The average Bonchev–Trinajstić information content (AvgIpc) is 2.74. The zero-order valence-electron chi connectivity index (χ0n) is 15.4. The molecule has 1 aliphatic heterocycles. The number of fused-ring (bicyclic) bond motifs is 1. The molecule has 0 bridgehead atoms. The van der Waals surface area contributed by atoms with Gasteiger partial charge in [-0.15, -0.1) is 0 Å². The van der Waals surface area contributed by atoms with Crippen LogP contribution in [0.3, 0.4) is 0 Å². The molecule has 4 rings (SSSR count). The molecule has 1 N–H and O–H groups in total. The average molecular weight is 361 g/mol. The van der Waals surface area contributed by atoms with Gasteiger partial charge in [0.25, 0.3) is 5.91 Å². The Morgan fingerprint density at radius 2 is 1.78 bits per heavy atom. The van der Waals surface area contributed by atoms with Gasteiger partial charge in [-0.1, -0.05) is 24.3 Å². The van der Waals surface area contributed by atoms with Crippen LogP contribution in [0.15, 0.2) is 60.7 Å². The normalized spacial score (nSPS) is 15.1. The van der Waals surface area contributed by atoms with Crippen LogP contribution >= 0.6 is 0 Å². The molecule has 0 unspecified atom stereocenters. The Hall–Kier alpha value is -2.92. The highest BCUT2D eigenvalue weighted by atomic mass is 16.5. The predicted octanol–water partition coefficient (Wildman–Crippen LogP) is 4.10. The summed E-state index contributed by atoms with van der Waals surface area (Å²) in [5, 5.41) is 3.95. The maximum atomic E-state index is 12.5. The summed E-state index contributed by atoms with van der Waals surface area (Å²) in [7, 11) is 1.78. The zero-order chi connectivity index (χ0) is 18.6. The minimum atomic E-state index is -0.200. The number of amides is 1. The van der Waals surface area contributed by atoms with Gasteiger partial charge in [-0.2, -0.15) is 0 Å². The lowest BCUT2D eigenvalue weighted by Crippen LogP contribution is -2.36. The highest BCUT2D eigenvalue weighted by Crippen LogP contribution is 2.23. The van der Waals surface area contributed by atoms with Crippen LogP contribution in [0.2, 0.25) is 0 Å². The fourth-order valence-electron chi connectivity index (χ4n) is 3.49. The molecular weight excluding hydrogens is 338 g/mol. The van der Waals surface area contributed by atoms with E-state index in [0.717, 1.165) is 42.5 Å². The molecule has 1 aromatic heterocycles. The SMILES string of the molecule is COC1CCN(c2ccc(NC(=O)c3ccc4ccccc4n3)cc2)CC1. The smallest absolute Gasteiger partial charge is 0.274 e. The first kappa shape index (κ1) is 17.5. The lowest BCUT2D eigenvalue weighted by Gasteiger charge is -2.33. The minimum Gasteiger partial charge on any atom is -0.381 e. The Bertz CT molecular complexity index is 932. The number of nitrogens with zero attached hydrogens (tertiary/aromatic N) is 2. The summed E-state index contributed by atoms with van der Waals surface area (Å²) in [6.45, 7) is 1.98. The van der Waals surface area contributed by atoms with Crippen LogP contribution in [0.25, 0.3) is 10.9 Å². The Morgan fingerprint density at radius 3 is 2.52 bits per heavy atom. The number of pyridine rings is 1. The maximum Gasteiger partial charge on any atom is 0.274 e. The number of ether oxygens (including phenoxy) is 1. The van der Waals surface area contributed by atoms with E-state index in [9.17, 15) is 4.79 Å². The van der Waals surface area contributed by atoms with Crippen molar-refractivity contribution in [3.63, 3.8) is 0 Å². The summed E-state index contributed by atoms with van der Waals surface area (Å²) in [4.78, 5) is 19.3. The molecule has 0 spiro atoms. The van der Waals surface area contributed by atoms with Gasteiger partial charge in [0, 0.05) is 37.0 Å². The van der Waals surface area contributed by atoms with E-state index in [1.165, 1.54) is 5.69 Å². The number of hydrogen-bond donors (Lipinski definition) is 1. The third kappa shape index (κ3) is 3.93. The number of methoxy groups -OCH3 is 1. The van der Waals surface area contributed by atoms with Gasteiger partial charge in [-0.25, -0.2) is 4.98 Å². The molecule has 0 saturated carbocycles. The molecule has 2 heterocycles. The van der Waals surface area contributed by atoms with Crippen LogP contribution in [0.4, 0.5) is 11.4 Å². The van der Waals surface area contributed by atoms with Crippen molar-refractivity contribution in [3.8, 4) is 0 Å². The monoisotopic (exact) mass is 361 g/mol. The van der Waals surface area contributed by atoms with E-state index in [0.29, 0.717) is 11.8 Å². The summed E-state index contributed by atoms with van der Waals surface area (Å²) < 4.78 is 5.43. The summed E-state index contributed by atoms with van der Waals surface area (Å²) >= 11 is 0. The Balaban J connectivity index is 1.42. The van der Waals surface area contributed by atoms with Gasteiger partial charge in [-0.3, -0.25) is 4.79 Å². The van der Waals surface area contributed by atoms with Crippen molar-refractivity contribution in [1.29, 1.82) is 0 Å². The Morgan fingerprint density at radius 1 is 1.04 bits per heavy atom. The topological polar surface area (TPSA) is 54.5 Å². The van der Waals surface area contributed by atoms with Gasteiger partial charge < -0.3 is 15.0 Å². The van der Waals surface area contributed by atoms with Crippen molar-refractivity contribution in [2.45, 2.75) is 18.9 Å². The molecule has 1 aliphatic rings. The molecule has 27 heavy (non-hydrogen) atoms. The molecule has 138 valence electrons. The van der Waals surface area contributed by atoms with E-state index in [1.807, 2.05) is 42.5 Å². The van der Waals surface area contributed by atoms with Gasteiger partial charge in [0.15, 0.2) is 0 Å². The number of piperidine rings is 1. The van der Waals surface area contributed by atoms with Crippen molar-refractivity contribution >= 4 is 28.2 Å². The molecule has 5 heteroatoms. The number of aromatic nitrogens is 1. The van der Waals surface area contributed by atoms with Crippen molar-refractivity contribution in [2.75, 3.05) is 30.4 Å². The van der Waals surface area contributed by atoms with Crippen molar-refractivity contribution in [1.82, 2.24) is 4.98 Å². The first-order valence-electron chi connectivity index (χ1n) is 9.28. The molecule has 5 nitrogen and oxygen atoms in total. The highest BCUT2D eigenvalue weighted by Gasteiger charge is 2.18. The zero-order valence-corrected chi connectivity index (χ0v) is 15.4. The number of rotatable bonds is 4. The summed E-state index contributed by atoms with van der Waals surface area (Å²) in [6, 6.07) is 19.4. The quantitative estimate of drug-likeness (QED) is 0.760. The molecule has 1 fully saturated rings. The number of benzene rings is 2. The van der Waals surface area contributed by atoms with E-state index in [1.54, 1.807) is 13.2 Å². The molecule has 0 radical (unpaired) electrons. The first-order valence-corrected chi connectivity index (χ1v) is 9.28. The van der Waals surface area contributed by atoms with Crippen LogP contribution in [0.1, 0.15) is 23.3 Å². The predicted molar refractivity (Wildman–Crippen MR) is 108 cm³/mol. The number of carbonyl (C=O) groups excluding carboxylic acids is 1. The molecule has 0 atom stereocenters. The van der Waals surface area contributed by atoms with E-state index < -0.39 is 0 Å². The number of carbonyl (C=O) groups is 1. The van der Waals surface area contributed by atoms with Gasteiger partial charge in [0.05, 0.1) is 11.6 Å². The number of nitrogens with one attached hydrogen (secondary N) is 1. The summed E-state index contributed by atoms with van der Waals surface area (Å²) in [5.74, 6) is -0.200. The number of para-hydroxylation sites is 1. The minimum absolute atomic E-state index is 0.200. The van der Waals surface area contributed by atoms with Gasteiger partial charge in [0.2, 0.25) is 0 Å². The summed E-state index contributed by atoms with van der Waals surface area (Å²) in [5.41, 5.74) is 3.18. The molecule has 0 aliphatic carbocycles. The van der Waals surface area contributed by atoms with Crippen molar-refractivity contribution in [3.05, 3.63) is 66.4 Å². The molecule has 1 amide bonds. The lowest BCUT2D eigenvalue weighted by atomic mass is 10.1. The van der Waals surface area contributed by atoms with Crippen LogP contribution < -0.4 is 10.2 Å². The second kappa shape index (κ2) is 7.76. The third-order valence-corrected chi connectivity index (χ3v) is 5.10. The molecule has 1 saturated heterocycles. The Kier molecular flexibility index (Phi) is 5.03. The second-order valence-electron chi connectivity index (χ2n) is 6.81. The van der Waals surface area contributed by atoms with E-state index in [4.69, 9.17) is 4.74 Å². The summed E-state index contributed by atoms with van der Waals surface area (Å²) in [6.07, 6.45) is 2.46. The second-order valence-corrected chi connectivity index (χ2v) is 6.81. The van der Waals surface area contributed by atoms with Gasteiger partial charge in [-0.05, 0) is 49.2 Å². The van der Waals surface area contributed by atoms with E-state index in [2.05, 4.69) is 27.3 Å². The molecular formula is C22H23N3O2. The van der Waals surface area contributed by atoms with Gasteiger partial charge in [0.1, 0.15) is 5.69 Å². The third-order valence-electron chi connectivity index (χ3n) is 5.10. The standard InChI is InChI=1S/C22H23N3O2/c1-27-19-12-14-25(15-13-19)18-9-7-17(8-10-18)23-22(26)21-11-6-16-4-2-3-5-20(16)24-21/h2-11,19H,12-15H2,1H3,(H,23,26). The van der Waals surface area contributed by atoms with Crippen molar-refractivity contribution < 1.29 is 9.53 Å². The fourth-order valence-corrected chi connectivity index (χ4v) is 3.49. The largest absolute Gasteiger partial charge is 0.381 e.